The molecule has 0 radical (unpaired) electrons. The van der Waals surface area contributed by atoms with E-state index < -0.39 is 0 Å². The van der Waals surface area contributed by atoms with E-state index in [1.807, 2.05) is 25.1 Å². The molecule has 5 nitrogen and oxygen atoms in total. The van der Waals surface area contributed by atoms with E-state index in [9.17, 15) is 4.79 Å². The average Bonchev–Trinajstić information content (AvgIpc) is 3.34. The molecule has 1 N–H and O–H groups in total. The summed E-state index contributed by atoms with van der Waals surface area (Å²) in [6, 6.07) is 5.59. The van der Waals surface area contributed by atoms with Gasteiger partial charge in [-0.1, -0.05) is 18.5 Å². The van der Waals surface area contributed by atoms with Crippen molar-refractivity contribution in [3.8, 4) is 0 Å². The number of aryl methyl sites for hydroxylation is 2. The van der Waals surface area contributed by atoms with Crippen LogP contribution in [0.1, 0.15) is 58.4 Å². The first kappa shape index (κ1) is 20.9. The molecule has 0 unspecified atom stereocenters. The van der Waals surface area contributed by atoms with E-state index in [2.05, 4.69) is 22.1 Å². The van der Waals surface area contributed by atoms with Gasteiger partial charge in [0.25, 0.3) is 5.91 Å². The van der Waals surface area contributed by atoms with E-state index in [0.717, 1.165) is 72.7 Å². The van der Waals surface area contributed by atoms with E-state index in [0.29, 0.717) is 15.7 Å². The molecule has 1 aliphatic carbocycles. The lowest BCUT2D eigenvalue weighted by Gasteiger charge is -2.29. The number of piperidine rings is 1. The Bertz CT molecular complexity index is 1150. The summed E-state index contributed by atoms with van der Waals surface area (Å²) in [6.45, 7) is 7.55. The van der Waals surface area contributed by atoms with Crippen molar-refractivity contribution in [3.63, 3.8) is 0 Å². The molecule has 1 saturated heterocycles. The van der Waals surface area contributed by atoms with Crippen molar-refractivity contribution in [1.29, 1.82) is 0 Å². The molecule has 0 saturated carbocycles. The largest absolute Gasteiger partial charge is 0.298 e. The van der Waals surface area contributed by atoms with Gasteiger partial charge in [-0.15, -0.1) is 11.3 Å². The summed E-state index contributed by atoms with van der Waals surface area (Å²) in [6.07, 6.45) is 5.34. The highest BCUT2D eigenvalue weighted by atomic mass is 35.5. The fraction of sp³-hybridized carbons (Fsp3) is 0.458. The SMILES string of the molecule is Cc1nc(NC(=O)c2c3c(nc4ccc(Cl)cc24)CCC3)sc1CN1CCC(C)CC1. The van der Waals surface area contributed by atoms with Gasteiger partial charge in [0.05, 0.1) is 16.8 Å². The van der Waals surface area contributed by atoms with E-state index >= 15 is 0 Å². The summed E-state index contributed by atoms with van der Waals surface area (Å²) in [5.41, 5.74) is 4.63. The molecule has 2 aliphatic rings. The number of halogens is 1. The molecule has 0 bridgehead atoms. The van der Waals surface area contributed by atoms with Crippen LogP contribution in [0.2, 0.25) is 5.02 Å². The number of carbonyl (C=O) groups is 1. The first-order chi connectivity index (χ1) is 15.0. The molecule has 5 rings (SSSR count). The van der Waals surface area contributed by atoms with Crippen LogP contribution >= 0.6 is 22.9 Å². The average molecular weight is 455 g/mol. The van der Waals surface area contributed by atoms with Crippen LogP contribution in [0.15, 0.2) is 18.2 Å². The Morgan fingerprint density at radius 2 is 2.06 bits per heavy atom. The molecular weight excluding hydrogens is 428 g/mol. The third-order valence-electron chi connectivity index (χ3n) is 6.56. The number of anilines is 1. The second kappa shape index (κ2) is 8.49. The molecule has 0 spiro atoms. The molecule has 7 heteroatoms. The normalized spacial score (nSPS) is 17.3. The number of amides is 1. The Labute approximate surface area is 191 Å². The van der Waals surface area contributed by atoms with Crippen LogP contribution in [0.4, 0.5) is 5.13 Å². The number of nitrogens with one attached hydrogen (secondary N) is 1. The van der Waals surface area contributed by atoms with Gasteiger partial charge in [-0.3, -0.25) is 20.0 Å². The van der Waals surface area contributed by atoms with Crippen LogP contribution in [0.5, 0.6) is 0 Å². The van der Waals surface area contributed by atoms with Crippen LogP contribution in [0.25, 0.3) is 10.9 Å². The number of pyridine rings is 1. The number of fused-ring (bicyclic) bond motifs is 2. The maximum Gasteiger partial charge on any atom is 0.258 e. The molecule has 1 fully saturated rings. The van der Waals surface area contributed by atoms with Gasteiger partial charge < -0.3 is 0 Å². The zero-order chi connectivity index (χ0) is 21.5. The van der Waals surface area contributed by atoms with Gasteiger partial charge in [0.1, 0.15) is 0 Å². The predicted molar refractivity (Wildman–Crippen MR) is 127 cm³/mol. The summed E-state index contributed by atoms with van der Waals surface area (Å²) in [5.74, 6) is 0.707. The van der Waals surface area contributed by atoms with Crippen molar-refractivity contribution in [2.45, 2.75) is 52.5 Å². The highest BCUT2D eigenvalue weighted by Gasteiger charge is 2.25. The minimum absolute atomic E-state index is 0.111. The molecule has 2 aromatic heterocycles. The molecule has 1 aliphatic heterocycles. The number of carbonyl (C=O) groups excluding carboxylic acids is 1. The summed E-state index contributed by atoms with van der Waals surface area (Å²) >= 11 is 7.85. The maximum atomic E-state index is 13.4. The van der Waals surface area contributed by atoms with E-state index in [1.165, 1.54) is 17.7 Å². The first-order valence-electron chi connectivity index (χ1n) is 11.1. The number of benzene rings is 1. The van der Waals surface area contributed by atoms with Gasteiger partial charge in [0.2, 0.25) is 0 Å². The van der Waals surface area contributed by atoms with Crippen molar-refractivity contribution < 1.29 is 4.79 Å². The van der Waals surface area contributed by atoms with E-state index in [4.69, 9.17) is 16.6 Å². The molecule has 3 heterocycles. The second-order valence-electron chi connectivity index (χ2n) is 8.87. The second-order valence-corrected chi connectivity index (χ2v) is 10.4. The number of thiazole rings is 1. The fourth-order valence-electron chi connectivity index (χ4n) is 4.70. The standard InChI is InChI=1S/C24H27ClN4OS/c1-14-8-10-29(11-9-14)13-21-15(2)26-24(31-21)28-23(30)22-17-4-3-5-19(17)27-20-7-6-16(25)12-18(20)22/h6-7,12,14H,3-5,8-11,13H2,1-2H3,(H,26,28,30). The summed E-state index contributed by atoms with van der Waals surface area (Å²) < 4.78 is 0. The van der Waals surface area contributed by atoms with Crippen molar-refractivity contribution in [2.75, 3.05) is 18.4 Å². The molecule has 162 valence electrons. The zero-order valence-corrected chi connectivity index (χ0v) is 19.6. The maximum absolute atomic E-state index is 13.4. The molecule has 1 amide bonds. The first-order valence-corrected chi connectivity index (χ1v) is 12.3. The topological polar surface area (TPSA) is 58.1 Å². The monoisotopic (exact) mass is 454 g/mol. The van der Waals surface area contributed by atoms with Crippen molar-refractivity contribution in [1.82, 2.24) is 14.9 Å². The van der Waals surface area contributed by atoms with Crippen LogP contribution in [-0.2, 0) is 19.4 Å². The summed E-state index contributed by atoms with van der Waals surface area (Å²) in [4.78, 5) is 26.6. The number of hydrogen-bond acceptors (Lipinski definition) is 5. The van der Waals surface area contributed by atoms with E-state index in [1.54, 1.807) is 11.3 Å². The summed E-state index contributed by atoms with van der Waals surface area (Å²) in [7, 11) is 0. The number of aromatic nitrogens is 2. The zero-order valence-electron chi connectivity index (χ0n) is 18.0. The molecule has 0 atom stereocenters. The Morgan fingerprint density at radius 3 is 2.87 bits per heavy atom. The van der Waals surface area contributed by atoms with Gasteiger partial charge in [-0.05, 0) is 81.8 Å². The Hall–Kier alpha value is -2.02. The fourth-order valence-corrected chi connectivity index (χ4v) is 5.88. The number of nitrogens with zero attached hydrogens (tertiary/aromatic N) is 3. The highest BCUT2D eigenvalue weighted by molar-refractivity contribution is 7.15. The van der Waals surface area contributed by atoms with Crippen molar-refractivity contribution in [2.24, 2.45) is 5.92 Å². The van der Waals surface area contributed by atoms with E-state index in [-0.39, 0.29) is 5.91 Å². The highest BCUT2D eigenvalue weighted by Crippen LogP contribution is 2.33. The van der Waals surface area contributed by atoms with Crippen LogP contribution in [-0.4, -0.2) is 33.9 Å². The lowest BCUT2D eigenvalue weighted by atomic mass is 9.99. The predicted octanol–water partition coefficient (Wildman–Crippen LogP) is 5.63. The minimum atomic E-state index is -0.111. The molecular formula is C24H27ClN4OS. The number of rotatable bonds is 4. The lowest BCUT2D eigenvalue weighted by Crippen LogP contribution is -2.32. The molecule has 31 heavy (non-hydrogen) atoms. The van der Waals surface area contributed by atoms with Gasteiger partial charge in [-0.2, -0.15) is 0 Å². The van der Waals surface area contributed by atoms with Gasteiger partial charge in [-0.25, -0.2) is 4.98 Å². The van der Waals surface area contributed by atoms with Crippen LogP contribution < -0.4 is 5.32 Å². The third kappa shape index (κ3) is 4.21. The lowest BCUT2D eigenvalue weighted by molar-refractivity contribution is 0.102. The number of likely N-dealkylation sites (tertiary alicyclic amines) is 1. The summed E-state index contributed by atoms with van der Waals surface area (Å²) in [5, 5.41) is 5.19. The Balaban J connectivity index is 1.41. The van der Waals surface area contributed by atoms with Gasteiger partial charge >= 0.3 is 0 Å². The van der Waals surface area contributed by atoms with Crippen LogP contribution in [0.3, 0.4) is 0 Å². The minimum Gasteiger partial charge on any atom is -0.298 e. The van der Waals surface area contributed by atoms with Gasteiger partial charge in [0, 0.05) is 27.5 Å². The molecule has 1 aromatic carbocycles. The Kier molecular flexibility index (Phi) is 5.71. The smallest absolute Gasteiger partial charge is 0.258 e. The van der Waals surface area contributed by atoms with Crippen molar-refractivity contribution in [3.05, 3.63) is 50.6 Å². The number of hydrogen-bond donors (Lipinski definition) is 1. The third-order valence-corrected chi connectivity index (χ3v) is 7.85. The van der Waals surface area contributed by atoms with Gasteiger partial charge in [0.15, 0.2) is 5.13 Å². The quantitative estimate of drug-likeness (QED) is 0.555. The Morgan fingerprint density at radius 1 is 1.26 bits per heavy atom. The van der Waals surface area contributed by atoms with Crippen LogP contribution in [0, 0.1) is 12.8 Å². The van der Waals surface area contributed by atoms with Crippen molar-refractivity contribution >= 4 is 44.9 Å². The molecule has 3 aromatic rings.